The van der Waals surface area contributed by atoms with Gasteiger partial charge in [0, 0.05) is 56.0 Å². The van der Waals surface area contributed by atoms with Crippen LogP contribution in [0, 0.1) is 0 Å². The quantitative estimate of drug-likeness (QED) is 0.865. The molecule has 0 aliphatic carbocycles. The Morgan fingerprint density at radius 3 is 2.70 bits per heavy atom. The van der Waals surface area contributed by atoms with Crippen molar-refractivity contribution in [2.75, 3.05) is 44.4 Å². The molecule has 0 spiro atoms. The summed E-state index contributed by atoms with van der Waals surface area (Å²) >= 11 is 1.98. The minimum atomic E-state index is -0.338. The van der Waals surface area contributed by atoms with Gasteiger partial charge in [0.25, 0.3) is 5.91 Å². The molecule has 27 heavy (non-hydrogen) atoms. The highest BCUT2D eigenvalue weighted by Gasteiger charge is 2.39. The van der Waals surface area contributed by atoms with E-state index in [4.69, 9.17) is 9.15 Å². The van der Waals surface area contributed by atoms with Gasteiger partial charge in [-0.25, -0.2) is 0 Å². The molecule has 144 valence electrons. The number of fused-ring (bicyclic) bond motifs is 1. The molecule has 2 saturated heterocycles. The second-order valence-corrected chi connectivity index (χ2v) is 8.31. The van der Waals surface area contributed by atoms with Crippen molar-refractivity contribution in [1.82, 2.24) is 10.2 Å². The number of para-hydroxylation sites is 1. The molecule has 0 saturated carbocycles. The van der Waals surface area contributed by atoms with E-state index in [1.165, 1.54) is 6.07 Å². The highest BCUT2D eigenvalue weighted by Crippen LogP contribution is 2.30. The van der Waals surface area contributed by atoms with Gasteiger partial charge < -0.3 is 14.5 Å². The number of ether oxygens (including phenoxy) is 1. The van der Waals surface area contributed by atoms with Crippen molar-refractivity contribution in [3.63, 3.8) is 0 Å². The highest BCUT2D eigenvalue weighted by molar-refractivity contribution is 7.99. The summed E-state index contributed by atoms with van der Waals surface area (Å²) in [6.07, 6.45) is 1.80. The summed E-state index contributed by atoms with van der Waals surface area (Å²) in [7, 11) is 0. The summed E-state index contributed by atoms with van der Waals surface area (Å²) in [5.41, 5.74) is 0.159. The number of nitrogens with one attached hydrogen (secondary N) is 1. The molecule has 0 unspecified atom stereocenters. The lowest BCUT2D eigenvalue weighted by Crippen LogP contribution is -2.60. The smallest absolute Gasteiger partial charge is 0.287 e. The van der Waals surface area contributed by atoms with Crippen LogP contribution >= 0.6 is 11.8 Å². The molecule has 7 heteroatoms. The van der Waals surface area contributed by atoms with E-state index in [2.05, 4.69) is 10.2 Å². The topological polar surface area (TPSA) is 71.8 Å². The van der Waals surface area contributed by atoms with Gasteiger partial charge >= 0.3 is 0 Å². The van der Waals surface area contributed by atoms with Gasteiger partial charge in [0.1, 0.15) is 5.58 Å². The Kier molecular flexibility index (Phi) is 5.52. The largest absolute Gasteiger partial charge is 0.451 e. The Balaban J connectivity index is 1.52. The zero-order valence-electron chi connectivity index (χ0n) is 15.2. The minimum Gasteiger partial charge on any atom is -0.451 e. The Morgan fingerprint density at radius 1 is 1.19 bits per heavy atom. The van der Waals surface area contributed by atoms with Crippen LogP contribution in [-0.4, -0.2) is 60.7 Å². The van der Waals surface area contributed by atoms with Gasteiger partial charge in [-0.3, -0.25) is 14.5 Å². The lowest BCUT2D eigenvalue weighted by Gasteiger charge is -2.47. The zero-order valence-corrected chi connectivity index (χ0v) is 16.1. The average Bonchev–Trinajstić information content (AvgIpc) is 2.73. The van der Waals surface area contributed by atoms with E-state index in [0.29, 0.717) is 30.7 Å². The van der Waals surface area contributed by atoms with Crippen LogP contribution in [0.1, 0.15) is 23.4 Å². The number of hydrogen-bond donors (Lipinski definition) is 1. The highest BCUT2D eigenvalue weighted by atomic mass is 32.2. The molecule has 1 amide bonds. The molecule has 1 aromatic heterocycles. The summed E-state index contributed by atoms with van der Waals surface area (Å²) in [6, 6.07) is 8.27. The Labute approximate surface area is 162 Å². The van der Waals surface area contributed by atoms with Crippen LogP contribution in [0.15, 0.2) is 39.5 Å². The Bertz CT molecular complexity index is 870. The maximum atomic E-state index is 12.7. The van der Waals surface area contributed by atoms with E-state index in [-0.39, 0.29) is 22.6 Å². The fraction of sp³-hybridized carbons (Fsp3) is 0.500. The van der Waals surface area contributed by atoms with Crippen molar-refractivity contribution in [3.05, 3.63) is 46.3 Å². The standard InChI is InChI=1S/C20H24N2O4S/c23-16-13-18(26-17-4-2-1-3-15(16)17)19(24)21-14-20(5-9-25-10-6-20)22-7-11-27-12-8-22/h1-4,13H,5-12,14H2,(H,21,24). The fourth-order valence-corrected chi connectivity index (χ4v) is 4.84. The third-order valence-electron chi connectivity index (χ3n) is 5.54. The van der Waals surface area contributed by atoms with Crippen LogP contribution < -0.4 is 10.7 Å². The van der Waals surface area contributed by atoms with Crippen molar-refractivity contribution < 1.29 is 13.9 Å². The lowest BCUT2D eigenvalue weighted by molar-refractivity contribution is -0.0238. The average molecular weight is 388 g/mol. The molecule has 2 aromatic rings. The number of nitrogens with zero attached hydrogens (tertiary/aromatic N) is 1. The van der Waals surface area contributed by atoms with Crippen LogP contribution in [0.5, 0.6) is 0 Å². The Hall–Kier alpha value is -1.83. The number of rotatable bonds is 4. The van der Waals surface area contributed by atoms with E-state index in [1.54, 1.807) is 24.3 Å². The summed E-state index contributed by atoms with van der Waals surface area (Å²) < 4.78 is 11.2. The fourth-order valence-electron chi connectivity index (χ4n) is 3.94. The molecule has 3 heterocycles. The maximum Gasteiger partial charge on any atom is 0.287 e. The molecule has 1 N–H and O–H groups in total. The molecule has 2 aliphatic rings. The molecule has 6 nitrogen and oxygen atoms in total. The number of carbonyl (C=O) groups is 1. The van der Waals surface area contributed by atoms with Crippen molar-refractivity contribution >= 4 is 28.6 Å². The SMILES string of the molecule is O=C(NCC1(N2CCSCC2)CCOCC1)c1cc(=O)c2ccccc2o1. The van der Waals surface area contributed by atoms with Gasteiger partial charge in [0.15, 0.2) is 11.2 Å². The van der Waals surface area contributed by atoms with Crippen molar-refractivity contribution in [3.8, 4) is 0 Å². The molecule has 2 aliphatic heterocycles. The second-order valence-electron chi connectivity index (χ2n) is 7.09. The summed E-state index contributed by atoms with van der Waals surface area (Å²) in [4.78, 5) is 27.5. The van der Waals surface area contributed by atoms with Crippen molar-refractivity contribution in [1.29, 1.82) is 0 Å². The summed E-state index contributed by atoms with van der Waals surface area (Å²) in [5, 5.41) is 3.51. The van der Waals surface area contributed by atoms with E-state index in [9.17, 15) is 9.59 Å². The Morgan fingerprint density at radius 2 is 1.93 bits per heavy atom. The normalized spacial score (nSPS) is 20.4. The number of hydrogen-bond acceptors (Lipinski definition) is 6. The molecule has 2 fully saturated rings. The van der Waals surface area contributed by atoms with Gasteiger partial charge in [-0.05, 0) is 25.0 Å². The van der Waals surface area contributed by atoms with Crippen LogP contribution in [-0.2, 0) is 4.74 Å². The first-order valence-corrected chi connectivity index (χ1v) is 10.6. The van der Waals surface area contributed by atoms with Crippen LogP contribution in [0.4, 0.5) is 0 Å². The zero-order chi connectivity index (χ0) is 18.7. The van der Waals surface area contributed by atoms with E-state index < -0.39 is 0 Å². The lowest BCUT2D eigenvalue weighted by atomic mass is 9.87. The predicted octanol–water partition coefficient (Wildman–Crippen LogP) is 2.12. The first kappa shape index (κ1) is 18.5. The predicted molar refractivity (Wildman–Crippen MR) is 106 cm³/mol. The molecular formula is C20H24N2O4S. The number of amides is 1. The second kappa shape index (κ2) is 8.04. The third kappa shape index (κ3) is 3.90. The van der Waals surface area contributed by atoms with Crippen molar-refractivity contribution in [2.24, 2.45) is 0 Å². The van der Waals surface area contributed by atoms with Gasteiger partial charge in [-0.1, -0.05) is 12.1 Å². The first-order valence-electron chi connectivity index (χ1n) is 9.40. The molecule has 0 bridgehead atoms. The van der Waals surface area contributed by atoms with E-state index in [0.717, 1.165) is 37.4 Å². The first-order chi connectivity index (χ1) is 13.2. The summed E-state index contributed by atoms with van der Waals surface area (Å²) in [5.74, 6) is 1.97. The van der Waals surface area contributed by atoms with Gasteiger partial charge in [0.2, 0.25) is 0 Å². The molecule has 4 rings (SSSR count). The third-order valence-corrected chi connectivity index (χ3v) is 6.48. The monoisotopic (exact) mass is 388 g/mol. The molecular weight excluding hydrogens is 364 g/mol. The molecule has 0 radical (unpaired) electrons. The molecule has 0 atom stereocenters. The number of benzene rings is 1. The van der Waals surface area contributed by atoms with Gasteiger partial charge in [-0.2, -0.15) is 11.8 Å². The van der Waals surface area contributed by atoms with Crippen LogP contribution in [0.2, 0.25) is 0 Å². The summed E-state index contributed by atoms with van der Waals surface area (Å²) in [6.45, 7) is 4.03. The van der Waals surface area contributed by atoms with Gasteiger partial charge in [-0.15, -0.1) is 0 Å². The minimum absolute atomic E-state index is 0.0649. The van der Waals surface area contributed by atoms with Crippen LogP contribution in [0.25, 0.3) is 11.0 Å². The van der Waals surface area contributed by atoms with Gasteiger partial charge in [0.05, 0.1) is 5.39 Å². The maximum absolute atomic E-state index is 12.7. The van der Waals surface area contributed by atoms with Crippen LogP contribution in [0.3, 0.4) is 0 Å². The van der Waals surface area contributed by atoms with E-state index >= 15 is 0 Å². The number of thioether (sulfide) groups is 1. The number of carbonyl (C=O) groups excluding carboxylic acids is 1. The van der Waals surface area contributed by atoms with E-state index in [1.807, 2.05) is 11.8 Å². The molecule has 1 aromatic carbocycles. The van der Waals surface area contributed by atoms with Crippen molar-refractivity contribution in [2.45, 2.75) is 18.4 Å².